The summed E-state index contributed by atoms with van der Waals surface area (Å²) in [6.45, 7) is 0. The molecule has 0 atom stereocenters. The Kier molecular flexibility index (Phi) is 5.42. The van der Waals surface area contributed by atoms with Gasteiger partial charge in [-0.2, -0.15) is 0 Å². The third-order valence-electron chi connectivity index (χ3n) is 4.47. The minimum Gasteiger partial charge on any atom is -0.383 e. The number of anilines is 2. The van der Waals surface area contributed by atoms with Crippen LogP contribution in [-0.4, -0.2) is 18.4 Å². The van der Waals surface area contributed by atoms with Crippen molar-refractivity contribution in [3.05, 3.63) is 76.5 Å². The molecule has 0 fully saturated rings. The summed E-state index contributed by atoms with van der Waals surface area (Å²) in [5, 5.41) is 0.418. The van der Waals surface area contributed by atoms with Crippen molar-refractivity contribution in [3.63, 3.8) is 0 Å². The Morgan fingerprint density at radius 2 is 1.74 bits per heavy atom. The largest absolute Gasteiger partial charge is 0.383 e. The number of aromatic nitrogens is 2. The number of nitrogens with two attached hydrogens (primary N) is 1. The molecular formula is C20H12Cl2F2N4O2S. The van der Waals surface area contributed by atoms with Gasteiger partial charge in [0.05, 0.1) is 21.8 Å². The van der Waals surface area contributed by atoms with Gasteiger partial charge in [0.2, 0.25) is 0 Å². The van der Waals surface area contributed by atoms with Crippen LogP contribution in [-0.2, 0) is 10.0 Å². The first-order valence-corrected chi connectivity index (χ1v) is 10.9. The number of fused-ring (bicyclic) bond motifs is 1. The fourth-order valence-electron chi connectivity index (χ4n) is 3.01. The van der Waals surface area contributed by atoms with Gasteiger partial charge in [-0.05, 0) is 48.0 Å². The van der Waals surface area contributed by atoms with Crippen LogP contribution in [0.25, 0.3) is 22.0 Å². The summed E-state index contributed by atoms with van der Waals surface area (Å²) in [6.07, 6.45) is 1.27. The second-order valence-electron chi connectivity index (χ2n) is 6.46. The number of nitrogen functional groups attached to an aromatic ring is 1. The predicted octanol–water partition coefficient (Wildman–Crippen LogP) is 5.26. The highest BCUT2D eigenvalue weighted by atomic mass is 35.5. The zero-order valence-electron chi connectivity index (χ0n) is 15.4. The van der Waals surface area contributed by atoms with Crippen LogP contribution in [0.2, 0.25) is 10.0 Å². The molecule has 0 aliphatic rings. The van der Waals surface area contributed by atoms with E-state index in [1.54, 1.807) is 0 Å². The van der Waals surface area contributed by atoms with Crippen molar-refractivity contribution >= 4 is 55.6 Å². The molecule has 4 aromatic rings. The van der Waals surface area contributed by atoms with E-state index in [2.05, 4.69) is 14.7 Å². The molecular weight excluding hydrogens is 469 g/mol. The van der Waals surface area contributed by atoms with Crippen LogP contribution in [0.1, 0.15) is 0 Å². The molecule has 31 heavy (non-hydrogen) atoms. The molecule has 3 N–H and O–H groups in total. The fourth-order valence-corrected chi connectivity index (χ4v) is 4.83. The lowest BCUT2D eigenvalue weighted by Crippen LogP contribution is -2.15. The maximum Gasteiger partial charge on any atom is 0.263 e. The monoisotopic (exact) mass is 480 g/mol. The normalized spacial score (nSPS) is 11.6. The van der Waals surface area contributed by atoms with Gasteiger partial charge in [0.1, 0.15) is 22.9 Å². The Bertz CT molecular complexity index is 1450. The van der Waals surface area contributed by atoms with E-state index in [9.17, 15) is 12.8 Å². The van der Waals surface area contributed by atoms with E-state index < -0.39 is 32.9 Å². The summed E-state index contributed by atoms with van der Waals surface area (Å²) in [5.41, 5.74) is 5.54. The predicted molar refractivity (Wildman–Crippen MR) is 117 cm³/mol. The van der Waals surface area contributed by atoms with Gasteiger partial charge in [-0.1, -0.05) is 29.3 Å². The lowest BCUT2D eigenvalue weighted by Gasteiger charge is -2.14. The van der Waals surface area contributed by atoms with Crippen LogP contribution < -0.4 is 10.5 Å². The summed E-state index contributed by atoms with van der Waals surface area (Å²) in [5.74, 6) is -1.87. The standard InChI is InChI=1S/C20H12Cl2F2N4O2S/c21-11-2-3-13(22)17(8-11)31(29,30)28-16-6-4-14(23)18(19(16)24)10-1-5-15-12(7-10)20(25)27-9-26-15/h1-9,28H,(H2,25,26,27). The number of hydrogen-bond donors (Lipinski definition) is 2. The van der Waals surface area contributed by atoms with Crippen LogP contribution in [0.3, 0.4) is 0 Å². The highest BCUT2D eigenvalue weighted by Gasteiger charge is 2.23. The van der Waals surface area contributed by atoms with E-state index in [0.717, 1.165) is 18.2 Å². The molecule has 6 nitrogen and oxygen atoms in total. The van der Waals surface area contributed by atoms with E-state index in [1.165, 1.54) is 36.7 Å². The van der Waals surface area contributed by atoms with Gasteiger partial charge in [-0.3, -0.25) is 4.72 Å². The van der Waals surface area contributed by atoms with Crippen LogP contribution in [0.4, 0.5) is 20.3 Å². The number of nitrogens with one attached hydrogen (secondary N) is 1. The molecule has 0 unspecified atom stereocenters. The fraction of sp³-hybridized carbons (Fsp3) is 0. The topological polar surface area (TPSA) is 98.0 Å². The Hall–Kier alpha value is -3.01. The van der Waals surface area contributed by atoms with E-state index in [0.29, 0.717) is 10.9 Å². The van der Waals surface area contributed by atoms with Crippen molar-refractivity contribution < 1.29 is 17.2 Å². The molecule has 0 spiro atoms. The van der Waals surface area contributed by atoms with Crippen molar-refractivity contribution in [1.29, 1.82) is 0 Å². The van der Waals surface area contributed by atoms with E-state index in [-0.39, 0.29) is 26.3 Å². The SMILES string of the molecule is Nc1ncnc2ccc(-c3c(F)ccc(NS(=O)(=O)c4cc(Cl)ccc4Cl)c3F)cc12. The highest BCUT2D eigenvalue weighted by molar-refractivity contribution is 7.92. The van der Waals surface area contributed by atoms with Gasteiger partial charge in [0.25, 0.3) is 10.0 Å². The van der Waals surface area contributed by atoms with Crippen molar-refractivity contribution in [2.45, 2.75) is 4.90 Å². The Morgan fingerprint density at radius 3 is 2.52 bits per heavy atom. The van der Waals surface area contributed by atoms with E-state index in [1.807, 2.05) is 0 Å². The number of halogens is 4. The Labute approximate surface area is 185 Å². The van der Waals surface area contributed by atoms with Gasteiger partial charge in [0.15, 0.2) is 5.82 Å². The number of rotatable bonds is 4. The minimum atomic E-state index is -4.31. The molecule has 3 aromatic carbocycles. The summed E-state index contributed by atoms with van der Waals surface area (Å²) in [4.78, 5) is 7.56. The van der Waals surface area contributed by atoms with Gasteiger partial charge in [-0.15, -0.1) is 0 Å². The molecule has 0 saturated carbocycles. The van der Waals surface area contributed by atoms with Crippen LogP contribution in [0.5, 0.6) is 0 Å². The molecule has 1 heterocycles. The van der Waals surface area contributed by atoms with E-state index in [4.69, 9.17) is 28.9 Å². The number of sulfonamides is 1. The first-order valence-electron chi connectivity index (χ1n) is 8.64. The Morgan fingerprint density at radius 1 is 0.968 bits per heavy atom. The average molecular weight is 481 g/mol. The maximum absolute atomic E-state index is 15.3. The van der Waals surface area contributed by atoms with Crippen LogP contribution in [0, 0.1) is 11.6 Å². The second-order valence-corrected chi connectivity index (χ2v) is 8.95. The van der Waals surface area contributed by atoms with Gasteiger partial charge in [0, 0.05) is 10.4 Å². The number of hydrogen-bond acceptors (Lipinski definition) is 5. The Balaban J connectivity index is 1.82. The van der Waals surface area contributed by atoms with Crippen LogP contribution in [0.15, 0.2) is 59.8 Å². The summed E-state index contributed by atoms with van der Waals surface area (Å²) in [6, 6.07) is 10.2. The van der Waals surface area contributed by atoms with Gasteiger partial charge in [-0.25, -0.2) is 27.2 Å². The molecule has 0 saturated heterocycles. The molecule has 158 valence electrons. The average Bonchev–Trinajstić information content (AvgIpc) is 2.72. The molecule has 0 bridgehead atoms. The zero-order valence-corrected chi connectivity index (χ0v) is 17.7. The third kappa shape index (κ3) is 3.99. The highest BCUT2D eigenvalue weighted by Crippen LogP contribution is 2.34. The first-order chi connectivity index (χ1) is 14.7. The smallest absolute Gasteiger partial charge is 0.263 e. The van der Waals surface area contributed by atoms with Gasteiger partial charge >= 0.3 is 0 Å². The first kappa shape index (κ1) is 21.2. The zero-order chi connectivity index (χ0) is 22.3. The second kappa shape index (κ2) is 7.92. The minimum absolute atomic E-state index is 0.107. The molecule has 1 aromatic heterocycles. The number of nitrogens with zero attached hydrogens (tertiary/aromatic N) is 2. The molecule has 4 rings (SSSR count). The summed E-state index contributed by atoms with van der Waals surface area (Å²) >= 11 is 11.8. The molecule has 0 radical (unpaired) electrons. The summed E-state index contributed by atoms with van der Waals surface area (Å²) in [7, 11) is -4.31. The lowest BCUT2D eigenvalue weighted by atomic mass is 10.0. The molecule has 0 aliphatic heterocycles. The quantitative estimate of drug-likeness (QED) is 0.414. The lowest BCUT2D eigenvalue weighted by molar-refractivity contribution is 0.588. The van der Waals surface area contributed by atoms with E-state index >= 15 is 4.39 Å². The van der Waals surface area contributed by atoms with Crippen molar-refractivity contribution in [3.8, 4) is 11.1 Å². The van der Waals surface area contributed by atoms with Crippen LogP contribution >= 0.6 is 23.2 Å². The summed E-state index contributed by atoms with van der Waals surface area (Å²) < 4.78 is 57.4. The third-order valence-corrected chi connectivity index (χ3v) is 6.56. The van der Waals surface area contributed by atoms with Gasteiger partial charge < -0.3 is 5.73 Å². The molecule has 0 aliphatic carbocycles. The van der Waals surface area contributed by atoms with Crippen molar-refractivity contribution in [1.82, 2.24) is 9.97 Å². The van der Waals surface area contributed by atoms with Crippen molar-refractivity contribution in [2.75, 3.05) is 10.5 Å². The maximum atomic E-state index is 15.3. The number of benzene rings is 3. The molecule has 11 heteroatoms. The van der Waals surface area contributed by atoms with Crippen molar-refractivity contribution in [2.24, 2.45) is 0 Å². The molecule has 0 amide bonds.